The molecule has 1 aromatic carbocycles. The monoisotopic (exact) mass is 317 g/mol. The van der Waals surface area contributed by atoms with Crippen LogP contribution in [0.25, 0.3) is 0 Å². The lowest BCUT2D eigenvalue weighted by atomic mass is 9.96. The van der Waals surface area contributed by atoms with Crippen molar-refractivity contribution in [2.75, 3.05) is 19.6 Å². The molecule has 2 atom stereocenters. The fourth-order valence-electron chi connectivity index (χ4n) is 3.38. The molecule has 1 aliphatic heterocycles. The summed E-state index contributed by atoms with van der Waals surface area (Å²) < 4.78 is 0. The highest BCUT2D eigenvalue weighted by Crippen LogP contribution is 2.20. The van der Waals surface area contributed by atoms with Crippen molar-refractivity contribution in [2.24, 2.45) is 11.7 Å². The van der Waals surface area contributed by atoms with Gasteiger partial charge in [-0.15, -0.1) is 0 Å². The number of benzene rings is 1. The lowest BCUT2D eigenvalue weighted by Crippen LogP contribution is -2.49. The van der Waals surface area contributed by atoms with E-state index in [4.69, 9.17) is 5.73 Å². The fraction of sp³-hybridized carbons (Fsp3) is 0.632. The first kappa shape index (κ1) is 18.0. The van der Waals surface area contributed by atoms with E-state index in [0.717, 1.165) is 26.2 Å². The molecule has 1 fully saturated rings. The maximum atomic E-state index is 12.3. The van der Waals surface area contributed by atoms with Crippen LogP contribution >= 0.6 is 0 Å². The van der Waals surface area contributed by atoms with Gasteiger partial charge in [0.05, 0.1) is 6.04 Å². The fourth-order valence-corrected chi connectivity index (χ4v) is 3.38. The number of hydrogen-bond acceptors (Lipinski definition) is 3. The van der Waals surface area contributed by atoms with Gasteiger partial charge in [0.1, 0.15) is 0 Å². The zero-order valence-corrected chi connectivity index (χ0v) is 14.7. The summed E-state index contributed by atoms with van der Waals surface area (Å²) in [5.74, 6) is 0.609. The molecule has 0 bridgehead atoms. The Balaban J connectivity index is 1.93. The third-order valence-corrected chi connectivity index (χ3v) is 4.60. The SMILES string of the molecule is CC(C)N(C[C@@H]1CCCN(Cc2ccccc2)C1)C(=O)[C@H](C)N. The molecule has 1 aromatic rings. The second kappa shape index (κ2) is 8.46. The number of piperidine rings is 1. The van der Waals surface area contributed by atoms with Crippen molar-refractivity contribution in [1.82, 2.24) is 9.80 Å². The quantitative estimate of drug-likeness (QED) is 0.877. The van der Waals surface area contributed by atoms with E-state index in [1.54, 1.807) is 6.92 Å². The van der Waals surface area contributed by atoms with Gasteiger partial charge in [-0.3, -0.25) is 9.69 Å². The number of carbonyl (C=O) groups excluding carboxylic acids is 1. The zero-order chi connectivity index (χ0) is 16.8. The summed E-state index contributed by atoms with van der Waals surface area (Å²) in [6.07, 6.45) is 2.40. The summed E-state index contributed by atoms with van der Waals surface area (Å²) in [7, 11) is 0. The van der Waals surface area contributed by atoms with E-state index in [0.29, 0.717) is 5.92 Å². The van der Waals surface area contributed by atoms with Crippen molar-refractivity contribution in [3.8, 4) is 0 Å². The number of nitrogens with zero attached hydrogens (tertiary/aromatic N) is 2. The van der Waals surface area contributed by atoms with E-state index in [-0.39, 0.29) is 11.9 Å². The van der Waals surface area contributed by atoms with Gasteiger partial charge in [-0.1, -0.05) is 30.3 Å². The summed E-state index contributed by atoms with van der Waals surface area (Å²) in [5.41, 5.74) is 7.17. The van der Waals surface area contributed by atoms with Crippen LogP contribution in [0.15, 0.2) is 30.3 Å². The molecule has 128 valence electrons. The molecule has 0 unspecified atom stereocenters. The third-order valence-electron chi connectivity index (χ3n) is 4.60. The molecule has 1 heterocycles. The van der Waals surface area contributed by atoms with Gasteiger partial charge in [0, 0.05) is 25.7 Å². The molecule has 2 rings (SSSR count). The van der Waals surface area contributed by atoms with Gasteiger partial charge in [-0.2, -0.15) is 0 Å². The number of rotatable bonds is 6. The Hall–Kier alpha value is -1.39. The third kappa shape index (κ3) is 5.33. The Morgan fingerprint density at radius 3 is 2.61 bits per heavy atom. The van der Waals surface area contributed by atoms with Crippen LogP contribution < -0.4 is 5.73 Å². The van der Waals surface area contributed by atoms with Crippen LogP contribution in [0.4, 0.5) is 0 Å². The summed E-state index contributed by atoms with van der Waals surface area (Å²) in [5, 5.41) is 0. The first-order valence-corrected chi connectivity index (χ1v) is 8.79. The normalized spacial score (nSPS) is 20.5. The van der Waals surface area contributed by atoms with Crippen LogP contribution in [0.5, 0.6) is 0 Å². The molecule has 1 aliphatic rings. The molecule has 4 nitrogen and oxygen atoms in total. The van der Waals surface area contributed by atoms with Gasteiger partial charge >= 0.3 is 0 Å². The Bertz CT molecular complexity index is 487. The molecule has 4 heteroatoms. The molecule has 0 radical (unpaired) electrons. The van der Waals surface area contributed by atoms with E-state index < -0.39 is 6.04 Å². The predicted octanol–water partition coefficient (Wildman–Crippen LogP) is 2.48. The smallest absolute Gasteiger partial charge is 0.239 e. The lowest BCUT2D eigenvalue weighted by Gasteiger charge is -2.37. The maximum absolute atomic E-state index is 12.3. The first-order chi connectivity index (χ1) is 11.0. The number of amides is 1. The van der Waals surface area contributed by atoms with E-state index in [1.165, 1.54) is 18.4 Å². The second-order valence-electron chi connectivity index (χ2n) is 7.10. The lowest BCUT2D eigenvalue weighted by molar-refractivity contribution is -0.134. The molecule has 2 N–H and O–H groups in total. The summed E-state index contributed by atoms with van der Waals surface area (Å²) in [4.78, 5) is 16.8. The Morgan fingerprint density at radius 1 is 1.30 bits per heavy atom. The maximum Gasteiger partial charge on any atom is 0.239 e. The number of likely N-dealkylation sites (tertiary alicyclic amines) is 1. The van der Waals surface area contributed by atoms with Crippen LogP contribution in [-0.4, -0.2) is 47.4 Å². The van der Waals surface area contributed by atoms with Crippen LogP contribution in [0.1, 0.15) is 39.2 Å². The topological polar surface area (TPSA) is 49.6 Å². The van der Waals surface area contributed by atoms with E-state index in [1.807, 2.05) is 4.90 Å². The van der Waals surface area contributed by atoms with Crippen LogP contribution in [0.3, 0.4) is 0 Å². The van der Waals surface area contributed by atoms with Crippen molar-refractivity contribution in [2.45, 2.75) is 52.2 Å². The number of hydrogen-bond donors (Lipinski definition) is 1. The van der Waals surface area contributed by atoms with Crippen LogP contribution in [0, 0.1) is 5.92 Å². The molecule has 1 saturated heterocycles. The van der Waals surface area contributed by atoms with Crippen molar-refractivity contribution in [1.29, 1.82) is 0 Å². The highest BCUT2D eigenvalue weighted by atomic mass is 16.2. The molecular formula is C19H31N3O. The van der Waals surface area contributed by atoms with Gasteiger partial charge in [0.25, 0.3) is 0 Å². The molecular weight excluding hydrogens is 286 g/mol. The zero-order valence-electron chi connectivity index (χ0n) is 14.7. The molecule has 0 aromatic heterocycles. The van der Waals surface area contributed by atoms with Crippen molar-refractivity contribution < 1.29 is 4.79 Å². The van der Waals surface area contributed by atoms with Gasteiger partial charge in [0.15, 0.2) is 0 Å². The Labute approximate surface area is 140 Å². The van der Waals surface area contributed by atoms with Gasteiger partial charge in [-0.05, 0) is 51.6 Å². The van der Waals surface area contributed by atoms with Crippen LogP contribution in [-0.2, 0) is 11.3 Å². The average molecular weight is 317 g/mol. The minimum Gasteiger partial charge on any atom is -0.339 e. The number of carbonyl (C=O) groups is 1. The molecule has 0 saturated carbocycles. The first-order valence-electron chi connectivity index (χ1n) is 8.79. The summed E-state index contributed by atoms with van der Waals surface area (Å²) >= 11 is 0. The number of nitrogens with two attached hydrogens (primary N) is 1. The Morgan fingerprint density at radius 2 is 2.00 bits per heavy atom. The highest BCUT2D eigenvalue weighted by molar-refractivity contribution is 5.81. The largest absolute Gasteiger partial charge is 0.339 e. The average Bonchev–Trinajstić information content (AvgIpc) is 2.53. The van der Waals surface area contributed by atoms with Gasteiger partial charge in [0.2, 0.25) is 5.91 Å². The minimum atomic E-state index is -0.415. The highest BCUT2D eigenvalue weighted by Gasteiger charge is 2.27. The van der Waals surface area contributed by atoms with Crippen LogP contribution in [0.2, 0.25) is 0 Å². The predicted molar refractivity (Wildman–Crippen MR) is 94.9 cm³/mol. The summed E-state index contributed by atoms with van der Waals surface area (Å²) in [6, 6.07) is 10.4. The van der Waals surface area contributed by atoms with Crippen molar-refractivity contribution >= 4 is 5.91 Å². The van der Waals surface area contributed by atoms with E-state index >= 15 is 0 Å². The van der Waals surface area contributed by atoms with E-state index in [2.05, 4.69) is 49.1 Å². The van der Waals surface area contributed by atoms with Gasteiger partial charge in [-0.25, -0.2) is 0 Å². The molecule has 0 spiro atoms. The molecule has 1 amide bonds. The Kier molecular flexibility index (Phi) is 6.60. The minimum absolute atomic E-state index is 0.0696. The standard InChI is InChI=1S/C19H31N3O/c1-15(2)22(19(23)16(3)20)14-18-10-7-11-21(13-18)12-17-8-5-4-6-9-17/h4-6,8-9,15-16,18H,7,10-14,20H2,1-3H3/t16-,18+/m0/s1. The van der Waals surface area contributed by atoms with E-state index in [9.17, 15) is 4.79 Å². The van der Waals surface area contributed by atoms with Crippen molar-refractivity contribution in [3.63, 3.8) is 0 Å². The second-order valence-corrected chi connectivity index (χ2v) is 7.10. The summed E-state index contributed by atoms with van der Waals surface area (Å²) in [6.45, 7) is 9.96. The van der Waals surface area contributed by atoms with Crippen molar-refractivity contribution in [3.05, 3.63) is 35.9 Å². The molecule has 0 aliphatic carbocycles. The molecule has 23 heavy (non-hydrogen) atoms. The van der Waals surface area contributed by atoms with Gasteiger partial charge < -0.3 is 10.6 Å².